The lowest BCUT2D eigenvalue weighted by Gasteiger charge is -2.34. The first-order valence-electron chi connectivity index (χ1n) is 21.4. The van der Waals surface area contributed by atoms with E-state index in [-0.39, 0.29) is 5.41 Å². The molecule has 4 aliphatic carbocycles. The number of aryl methyl sites for hydroxylation is 2. The summed E-state index contributed by atoms with van der Waals surface area (Å²) in [5.41, 5.74) is 20.3. The molecule has 0 saturated heterocycles. The molecule has 0 fully saturated rings. The van der Waals surface area contributed by atoms with Crippen LogP contribution >= 0.6 is 0 Å². The van der Waals surface area contributed by atoms with Crippen molar-refractivity contribution in [2.24, 2.45) is 13.0 Å². The van der Waals surface area contributed by atoms with Gasteiger partial charge in [-0.15, -0.1) is 0 Å². The maximum Gasteiger partial charge on any atom is 0.0489 e. The number of allylic oxidation sites excluding steroid dienone is 9. The van der Waals surface area contributed by atoms with Crippen LogP contribution in [0, 0.1) is 12.8 Å². The third-order valence-electron chi connectivity index (χ3n) is 12.9. The summed E-state index contributed by atoms with van der Waals surface area (Å²) in [5, 5.41) is 1.39. The highest BCUT2D eigenvalue weighted by Gasteiger charge is 2.46. The molecule has 0 spiro atoms. The predicted octanol–water partition coefficient (Wildman–Crippen LogP) is 14.5. The smallest absolute Gasteiger partial charge is 0.0489 e. The molecular weight excluding hydrogens is 699 g/mol. The van der Waals surface area contributed by atoms with Crippen LogP contribution in [0.15, 0.2) is 175 Å². The standard InChI is InChI=1S/C21H22.C20H19N.C16H18/c1-13-9-10-17-18(11-13)21(3,4)19-12-14(2)15-7-5-6-8-16(15)20(17)19;1-21-19-10-6-5-9-17(19)18-12-11-16(14-20(18)21)13-15-7-3-2-4-8-15;1-13(2)16-10-8-15(9-11-16)12-14-6-4-3-5-7-14/h5-12,16,20H,1-4H3;2-5,7-9,11-12,14H,6,10,13H2,1H3;3-11,13H,12H2,1-2H3. The average molecular weight is 758 g/mol. The van der Waals surface area contributed by atoms with Crippen molar-refractivity contribution in [3.63, 3.8) is 0 Å². The van der Waals surface area contributed by atoms with Crippen LogP contribution in [0.3, 0.4) is 0 Å². The minimum atomic E-state index is 0.147. The summed E-state index contributed by atoms with van der Waals surface area (Å²) in [6.45, 7) is 13.7. The van der Waals surface area contributed by atoms with Crippen molar-refractivity contribution in [3.8, 4) is 0 Å². The predicted molar refractivity (Wildman–Crippen MR) is 249 cm³/mol. The zero-order chi connectivity index (χ0) is 40.4. The maximum atomic E-state index is 2.45. The van der Waals surface area contributed by atoms with E-state index in [4.69, 9.17) is 0 Å². The summed E-state index contributed by atoms with van der Waals surface area (Å²) < 4.78 is 2.38. The SMILES string of the molecule is CC(C)c1ccc(Cc2ccccc2)cc1.CC1=C2C=CC=CC2C2C(=C1)C(C)(C)c1cc(C)ccc12.Cn1c2c(c3ccc(Cc4ccccc4)cc31)C=CCC2. The number of aromatic nitrogens is 1. The van der Waals surface area contributed by atoms with Crippen molar-refractivity contribution in [3.05, 3.63) is 230 Å². The zero-order valence-electron chi connectivity index (χ0n) is 35.6. The van der Waals surface area contributed by atoms with Gasteiger partial charge in [0.2, 0.25) is 0 Å². The average Bonchev–Trinajstić information content (AvgIpc) is 3.65. The summed E-state index contributed by atoms with van der Waals surface area (Å²) >= 11 is 0. The number of hydrogen-bond acceptors (Lipinski definition) is 0. The van der Waals surface area contributed by atoms with E-state index in [2.05, 4.69) is 217 Å². The van der Waals surface area contributed by atoms with Gasteiger partial charge in [0.1, 0.15) is 0 Å². The van der Waals surface area contributed by atoms with Gasteiger partial charge in [0, 0.05) is 46.5 Å². The van der Waals surface area contributed by atoms with Crippen LogP contribution in [0.2, 0.25) is 0 Å². The molecule has 1 nitrogen and oxygen atoms in total. The summed E-state index contributed by atoms with van der Waals surface area (Å²) in [7, 11) is 2.20. The van der Waals surface area contributed by atoms with Gasteiger partial charge in [0.15, 0.2) is 0 Å². The minimum Gasteiger partial charge on any atom is -0.347 e. The maximum absolute atomic E-state index is 2.45. The molecule has 5 aromatic carbocycles. The lowest BCUT2D eigenvalue weighted by atomic mass is 9.69. The second-order valence-electron chi connectivity index (χ2n) is 17.6. The van der Waals surface area contributed by atoms with Crippen LogP contribution in [-0.4, -0.2) is 4.57 Å². The van der Waals surface area contributed by atoms with Crippen molar-refractivity contribution in [1.82, 2.24) is 4.57 Å². The van der Waals surface area contributed by atoms with Gasteiger partial charge in [0.05, 0.1) is 0 Å². The molecule has 10 rings (SSSR count). The largest absolute Gasteiger partial charge is 0.347 e. The molecule has 1 aromatic heterocycles. The quantitative estimate of drug-likeness (QED) is 0.165. The Kier molecular flexibility index (Phi) is 11.3. The molecule has 4 aliphatic rings. The van der Waals surface area contributed by atoms with Gasteiger partial charge in [-0.1, -0.05) is 197 Å². The van der Waals surface area contributed by atoms with Crippen molar-refractivity contribution in [1.29, 1.82) is 0 Å². The van der Waals surface area contributed by atoms with E-state index in [0.717, 1.165) is 25.7 Å². The van der Waals surface area contributed by atoms with Gasteiger partial charge in [-0.25, -0.2) is 0 Å². The highest BCUT2D eigenvalue weighted by molar-refractivity contribution is 5.92. The van der Waals surface area contributed by atoms with Crippen LogP contribution in [0.25, 0.3) is 17.0 Å². The molecule has 58 heavy (non-hydrogen) atoms. The number of hydrogen-bond donors (Lipinski definition) is 0. The molecule has 0 aliphatic heterocycles. The molecule has 0 N–H and O–H groups in total. The Bertz CT molecular complexity index is 2560. The minimum absolute atomic E-state index is 0.147. The Morgan fingerprint density at radius 2 is 1.36 bits per heavy atom. The van der Waals surface area contributed by atoms with E-state index in [9.17, 15) is 0 Å². The summed E-state index contributed by atoms with van der Waals surface area (Å²) in [4.78, 5) is 0. The molecule has 0 saturated carbocycles. The third-order valence-corrected chi connectivity index (χ3v) is 12.9. The van der Waals surface area contributed by atoms with E-state index in [1.165, 1.54) is 77.8 Å². The molecule has 2 atom stereocenters. The van der Waals surface area contributed by atoms with Crippen molar-refractivity contribution in [2.75, 3.05) is 0 Å². The lowest BCUT2D eigenvalue weighted by molar-refractivity contribution is 0.562. The molecule has 1 heterocycles. The van der Waals surface area contributed by atoms with Gasteiger partial charge in [0.25, 0.3) is 0 Å². The highest BCUT2D eigenvalue weighted by atomic mass is 14.9. The van der Waals surface area contributed by atoms with Crippen molar-refractivity contribution < 1.29 is 0 Å². The van der Waals surface area contributed by atoms with Crippen molar-refractivity contribution in [2.45, 2.75) is 84.5 Å². The van der Waals surface area contributed by atoms with Crippen LogP contribution < -0.4 is 0 Å². The fourth-order valence-electron chi connectivity index (χ4n) is 9.68. The first-order chi connectivity index (χ1) is 28.1. The zero-order valence-corrected chi connectivity index (χ0v) is 35.6. The van der Waals surface area contributed by atoms with Crippen molar-refractivity contribution >= 4 is 17.0 Å². The van der Waals surface area contributed by atoms with Gasteiger partial charge in [-0.3, -0.25) is 0 Å². The van der Waals surface area contributed by atoms with Gasteiger partial charge in [-0.2, -0.15) is 0 Å². The Morgan fingerprint density at radius 1 is 0.707 bits per heavy atom. The molecule has 0 amide bonds. The van der Waals surface area contributed by atoms with E-state index >= 15 is 0 Å². The fourth-order valence-corrected chi connectivity index (χ4v) is 9.68. The first-order valence-corrected chi connectivity index (χ1v) is 21.4. The summed E-state index contributed by atoms with van der Waals surface area (Å²) in [6, 6.07) is 44.2. The first kappa shape index (κ1) is 39.2. The molecule has 0 bridgehead atoms. The van der Waals surface area contributed by atoms with E-state index in [0.29, 0.717) is 17.8 Å². The van der Waals surface area contributed by atoms with Gasteiger partial charge in [-0.05, 0) is 102 Å². The normalized spacial score (nSPS) is 18.0. The monoisotopic (exact) mass is 757 g/mol. The van der Waals surface area contributed by atoms with E-state index in [1.807, 2.05) is 0 Å². The molecule has 2 unspecified atom stereocenters. The van der Waals surface area contributed by atoms with Crippen LogP contribution in [0.1, 0.15) is 109 Å². The number of benzene rings is 5. The Balaban J connectivity index is 0.000000123. The Morgan fingerprint density at radius 3 is 2.05 bits per heavy atom. The summed E-state index contributed by atoms with van der Waals surface area (Å²) in [6.07, 6.45) is 20.5. The number of fused-ring (bicyclic) bond motifs is 8. The Labute approximate surface area is 347 Å². The molecule has 292 valence electrons. The van der Waals surface area contributed by atoms with Gasteiger partial charge < -0.3 is 4.57 Å². The summed E-state index contributed by atoms with van der Waals surface area (Å²) in [5.74, 6) is 1.65. The second kappa shape index (κ2) is 16.7. The van der Waals surface area contributed by atoms with E-state index < -0.39 is 0 Å². The van der Waals surface area contributed by atoms with Crippen LogP contribution in [0.5, 0.6) is 0 Å². The second-order valence-corrected chi connectivity index (χ2v) is 17.6. The molecule has 6 aromatic rings. The molecule has 1 heteroatoms. The third kappa shape index (κ3) is 7.93. The van der Waals surface area contributed by atoms with Crippen LogP contribution in [-0.2, 0) is 31.7 Å². The molecular formula is C57H59N. The van der Waals surface area contributed by atoms with Gasteiger partial charge >= 0.3 is 0 Å². The van der Waals surface area contributed by atoms with Crippen LogP contribution in [0.4, 0.5) is 0 Å². The number of nitrogens with zero attached hydrogens (tertiary/aromatic N) is 1. The Hall–Kier alpha value is -5.66. The topological polar surface area (TPSA) is 4.93 Å². The number of rotatable bonds is 5. The van der Waals surface area contributed by atoms with E-state index in [1.54, 1.807) is 5.57 Å². The lowest BCUT2D eigenvalue weighted by Crippen LogP contribution is -2.23. The molecule has 0 radical (unpaired) electrons. The fraction of sp³-hybridized carbons (Fsp3) is 0.263. The highest BCUT2D eigenvalue weighted by Crippen LogP contribution is 2.57.